The van der Waals surface area contributed by atoms with Crippen molar-refractivity contribution in [3.63, 3.8) is 0 Å². The molecule has 2 rings (SSSR count). The van der Waals surface area contributed by atoms with Gasteiger partial charge in [0.05, 0.1) is 20.6 Å². The second-order valence-electron chi connectivity index (χ2n) is 4.11. The molecule has 0 saturated carbocycles. The largest absolute Gasteiger partial charge is 0.334 e. The quantitative estimate of drug-likeness (QED) is 0.507. The van der Waals surface area contributed by atoms with Gasteiger partial charge in [0.25, 0.3) is 11.2 Å². The molecule has 0 saturated heterocycles. The number of nitrogens with zero attached hydrogens (tertiary/aromatic N) is 2. The first-order valence-electron chi connectivity index (χ1n) is 5.84. The normalized spacial score (nSPS) is 10.6. The summed E-state index contributed by atoms with van der Waals surface area (Å²) in [6, 6.07) is 3.98. The van der Waals surface area contributed by atoms with Gasteiger partial charge in [0, 0.05) is 6.07 Å². The lowest BCUT2D eigenvalue weighted by Gasteiger charge is -2.08. The molecule has 0 radical (unpaired) electrons. The maximum absolute atomic E-state index is 12.3. The van der Waals surface area contributed by atoms with Crippen LogP contribution in [0.2, 0.25) is 5.15 Å². The highest BCUT2D eigenvalue weighted by Gasteiger charge is 2.17. The van der Waals surface area contributed by atoms with Crippen LogP contribution in [0, 0.1) is 10.1 Å². The minimum Gasteiger partial charge on any atom is -0.297 e. The van der Waals surface area contributed by atoms with Gasteiger partial charge in [-0.1, -0.05) is 18.5 Å². The summed E-state index contributed by atoms with van der Waals surface area (Å²) in [6.45, 7) is 1.72. The lowest BCUT2D eigenvalue weighted by molar-refractivity contribution is -0.385. The van der Waals surface area contributed by atoms with Gasteiger partial charge >= 0.3 is 5.69 Å². The van der Waals surface area contributed by atoms with E-state index in [1.807, 2.05) is 0 Å². The van der Waals surface area contributed by atoms with Crippen LogP contribution >= 0.6 is 27.5 Å². The van der Waals surface area contributed by atoms with E-state index < -0.39 is 16.2 Å². The summed E-state index contributed by atoms with van der Waals surface area (Å²) in [4.78, 5) is 36.9. The van der Waals surface area contributed by atoms with Gasteiger partial charge in [-0.3, -0.25) is 19.9 Å². The number of hydrogen-bond acceptors (Lipinski definition) is 4. The molecule has 0 spiro atoms. The van der Waals surface area contributed by atoms with E-state index in [1.165, 1.54) is 12.1 Å². The third-order valence-corrected chi connectivity index (χ3v) is 3.88. The molecule has 1 N–H and O–H groups in total. The van der Waals surface area contributed by atoms with Gasteiger partial charge in [0.2, 0.25) is 0 Å². The van der Waals surface area contributed by atoms with Gasteiger partial charge in [0.15, 0.2) is 0 Å². The van der Waals surface area contributed by atoms with Crippen molar-refractivity contribution in [1.82, 2.24) is 9.55 Å². The fourth-order valence-electron chi connectivity index (χ4n) is 1.87. The molecule has 21 heavy (non-hydrogen) atoms. The fraction of sp³-hybridized carbons (Fsp3) is 0.167. The lowest BCUT2D eigenvalue weighted by atomic mass is 10.2. The molecule has 9 heteroatoms. The van der Waals surface area contributed by atoms with Crippen molar-refractivity contribution in [1.29, 1.82) is 0 Å². The van der Waals surface area contributed by atoms with E-state index >= 15 is 0 Å². The molecule has 0 unspecified atom stereocenters. The molecule has 1 heterocycles. The smallest absolute Gasteiger partial charge is 0.297 e. The molecule has 0 aliphatic rings. The maximum Gasteiger partial charge on any atom is 0.334 e. The number of benzene rings is 1. The Hall–Kier alpha value is -1.93. The second-order valence-corrected chi connectivity index (χ2v) is 5.34. The average molecular weight is 375 g/mol. The van der Waals surface area contributed by atoms with Crippen LogP contribution in [0.1, 0.15) is 12.5 Å². The first kappa shape index (κ1) is 15.5. The van der Waals surface area contributed by atoms with Crippen molar-refractivity contribution in [2.45, 2.75) is 13.3 Å². The van der Waals surface area contributed by atoms with Crippen molar-refractivity contribution in [2.24, 2.45) is 0 Å². The van der Waals surface area contributed by atoms with Crippen molar-refractivity contribution in [2.75, 3.05) is 0 Å². The first-order valence-corrected chi connectivity index (χ1v) is 7.02. The molecule has 0 aliphatic heterocycles. The summed E-state index contributed by atoms with van der Waals surface area (Å²) in [5.74, 6) is 0. The lowest BCUT2D eigenvalue weighted by Crippen LogP contribution is -2.36. The van der Waals surface area contributed by atoms with Crippen molar-refractivity contribution >= 4 is 33.2 Å². The van der Waals surface area contributed by atoms with E-state index in [-0.39, 0.29) is 26.6 Å². The van der Waals surface area contributed by atoms with Crippen LogP contribution in [0.5, 0.6) is 0 Å². The van der Waals surface area contributed by atoms with Gasteiger partial charge in [0.1, 0.15) is 5.15 Å². The van der Waals surface area contributed by atoms with Crippen LogP contribution in [0.4, 0.5) is 5.69 Å². The summed E-state index contributed by atoms with van der Waals surface area (Å²) in [7, 11) is 0. The third kappa shape index (κ3) is 2.77. The Balaban J connectivity index is 2.80. The molecule has 1 aromatic carbocycles. The third-order valence-electron chi connectivity index (χ3n) is 2.88. The van der Waals surface area contributed by atoms with Crippen LogP contribution in [0.3, 0.4) is 0 Å². The van der Waals surface area contributed by atoms with Gasteiger partial charge < -0.3 is 0 Å². The Morgan fingerprint density at radius 3 is 2.67 bits per heavy atom. The predicted molar refractivity (Wildman–Crippen MR) is 81.4 cm³/mol. The molecule has 7 nitrogen and oxygen atoms in total. The molecular weight excluding hydrogens is 366 g/mol. The van der Waals surface area contributed by atoms with E-state index in [1.54, 1.807) is 6.92 Å². The van der Waals surface area contributed by atoms with E-state index in [9.17, 15) is 19.7 Å². The summed E-state index contributed by atoms with van der Waals surface area (Å²) in [5, 5.41) is 10.9. The minimum atomic E-state index is -0.751. The molecule has 0 fully saturated rings. The molecule has 2 aromatic rings. The highest BCUT2D eigenvalue weighted by atomic mass is 79.9. The van der Waals surface area contributed by atoms with E-state index in [2.05, 4.69) is 20.9 Å². The summed E-state index contributed by atoms with van der Waals surface area (Å²) in [6.07, 6.45) is 0.326. The maximum atomic E-state index is 12.3. The van der Waals surface area contributed by atoms with Crippen LogP contribution in [0.25, 0.3) is 5.69 Å². The first-order chi connectivity index (χ1) is 9.86. The topological polar surface area (TPSA) is 98.0 Å². The highest BCUT2D eigenvalue weighted by molar-refractivity contribution is 9.10. The van der Waals surface area contributed by atoms with Crippen molar-refractivity contribution < 1.29 is 4.92 Å². The Labute approximate surface area is 131 Å². The molecule has 1 aromatic heterocycles. The Morgan fingerprint density at radius 2 is 2.10 bits per heavy atom. The Kier molecular flexibility index (Phi) is 4.29. The van der Waals surface area contributed by atoms with Crippen LogP contribution in [0.15, 0.2) is 32.3 Å². The van der Waals surface area contributed by atoms with Gasteiger partial charge in [-0.2, -0.15) is 0 Å². The van der Waals surface area contributed by atoms with Crippen molar-refractivity contribution in [3.05, 3.63) is 64.3 Å². The number of nitrogens with one attached hydrogen (secondary N) is 1. The van der Waals surface area contributed by atoms with Gasteiger partial charge in [-0.15, -0.1) is 0 Å². The number of nitro benzene ring substituents is 1. The summed E-state index contributed by atoms with van der Waals surface area (Å²) < 4.78 is 1.08. The minimum absolute atomic E-state index is 0.0182. The second kappa shape index (κ2) is 5.82. The zero-order valence-corrected chi connectivity index (χ0v) is 13.1. The number of halogens is 2. The summed E-state index contributed by atoms with van der Waals surface area (Å²) >= 11 is 8.86. The fourth-order valence-corrected chi connectivity index (χ4v) is 2.55. The molecule has 0 amide bonds. The van der Waals surface area contributed by atoms with Crippen LogP contribution < -0.4 is 11.2 Å². The van der Waals surface area contributed by atoms with Crippen LogP contribution in [-0.4, -0.2) is 14.5 Å². The van der Waals surface area contributed by atoms with Gasteiger partial charge in [-0.05, 0) is 34.5 Å². The van der Waals surface area contributed by atoms with E-state index in [4.69, 9.17) is 11.6 Å². The van der Waals surface area contributed by atoms with E-state index in [0.29, 0.717) is 6.42 Å². The summed E-state index contributed by atoms with van der Waals surface area (Å²) in [5.41, 5.74) is -1.25. The monoisotopic (exact) mass is 373 g/mol. The number of H-pyrrole nitrogens is 1. The molecule has 0 atom stereocenters. The standard InChI is InChI=1S/C12H9BrClN3O4/c1-2-7-10(14)15-12(19)16(11(7)18)6-3-4-8(13)9(5-6)17(20)21/h3-5H,2H2,1H3,(H,15,19). The number of nitro groups is 1. The number of rotatable bonds is 3. The number of aromatic nitrogens is 2. The number of aromatic amines is 1. The van der Waals surface area contributed by atoms with Gasteiger partial charge in [-0.25, -0.2) is 9.36 Å². The molecular formula is C12H9BrClN3O4. The zero-order chi connectivity index (χ0) is 15.7. The zero-order valence-electron chi connectivity index (χ0n) is 10.7. The van der Waals surface area contributed by atoms with Crippen LogP contribution in [-0.2, 0) is 6.42 Å². The SMILES string of the molecule is CCc1c(Cl)[nH]c(=O)n(-c2ccc(Br)c([N+](=O)[O-])c2)c1=O. The highest BCUT2D eigenvalue weighted by Crippen LogP contribution is 2.26. The average Bonchev–Trinajstić information content (AvgIpc) is 2.40. The number of hydrogen-bond donors (Lipinski definition) is 1. The van der Waals surface area contributed by atoms with Crippen molar-refractivity contribution in [3.8, 4) is 5.69 Å². The van der Waals surface area contributed by atoms with E-state index in [0.717, 1.165) is 10.6 Å². The Morgan fingerprint density at radius 1 is 1.43 bits per heavy atom. The predicted octanol–water partition coefficient (Wildman–Crippen LogP) is 2.41. The Bertz CT molecular complexity index is 843. The molecule has 0 bridgehead atoms. The molecule has 0 aliphatic carbocycles. The molecule has 110 valence electrons.